The van der Waals surface area contributed by atoms with Gasteiger partial charge < -0.3 is 5.73 Å². The molecular formula is C2H5N3O3S. The number of nitrogens with two attached hydrogens (primary N) is 1. The number of carbonyl (C=O) groups excluding carboxylic acids is 1. The molecule has 0 rings (SSSR count). The summed E-state index contributed by atoms with van der Waals surface area (Å²) in [4.78, 5) is 18.9. The molecule has 9 heavy (non-hydrogen) atoms. The molecule has 0 aliphatic heterocycles. The number of nitrogens with one attached hydrogen (secondary N) is 1. The SMILES string of the molecule is NC(=O)NSC[N+](=O)[O-]. The summed E-state index contributed by atoms with van der Waals surface area (Å²) in [6.07, 6.45) is 0. The molecule has 7 heteroatoms. The highest BCUT2D eigenvalue weighted by Crippen LogP contribution is 1.89. The van der Waals surface area contributed by atoms with Crippen molar-refractivity contribution in [3.8, 4) is 0 Å². The van der Waals surface area contributed by atoms with Crippen LogP contribution in [-0.4, -0.2) is 16.8 Å². The molecule has 0 bridgehead atoms. The average Bonchev–Trinajstić information content (AvgIpc) is 1.63. The molecule has 0 radical (unpaired) electrons. The van der Waals surface area contributed by atoms with Crippen LogP contribution in [-0.2, 0) is 0 Å². The van der Waals surface area contributed by atoms with Crippen LogP contribution < -0.4 is 10.5 Å². The average molecular weight is 151 g/mol. The van der Waals surface area contributed by atoms with E-state index in [9.17, 15) is 14.9 Å². The fourth-order valence-electron chi connectivity index (χ4n) is 0.156. The van der Waals surface area contributed by atoms with Gasteiger partial charge in [-0.3, -0.25) is 14.8 Å². The predicted octanol–water partition coefficient (Wildman–Crippen LogP) is -0.463. The maximum absolute atomic E-state index is 9.85. The van der Waals surface area contributed by atoms with Crippen molar-refractivity contribution < 1.29 is 9.72 Å². The number of rotatable bonds is 3. The molecule has 0 saturated carbocycles. The van der Waals surface area contributed by atoms with E-state index in [1.165, 1.54) is 0 Å². The minimum atomic E-state index is -0.776. The van der Waals surface area contributed by atoms with Crippen LogP contribution in [0, 0.1) is 10.1 Å². The van der Waals surface area contributed by atoms with Gasteiger partial charge in [-0.25, -0.2) is 4.79 Å². The quantitative estimate of drug-likeness (QED) is 0.246. The van der Waals surface area contributed by atoms with Crippen LogP contribution in [0.4, 0.5) is 4.79 Å². The molecule has 52 valence electrons. The molecule has 0 aromatic heterocycles. The van der Waals surface area contributed by atoms with Gasteiger partial charge in [-0.05, 0) is 0 Å². The minimum Gasteiger partial charge on any atom is -0.351 e. The lowest BCUT2D eigenvalue weighted by molar-refractivity contribution is -0.456. The van der Waals surface area contributed by atoms with Gasteiger partial charge in [-0.1, -0.05) is 0 Å². The number of hydrogen-bond donors (Lipinski definition) is 2. The Morgan fingerprint density at radius 2 is 2.44 bits per heavy atom. The summed E-state index contributed by atoms with van der Waals surface area (Å²) in [5.74, 6) is -0.372. The summed E-state index contributed by atoms with van der Waals surface area (Å²) in [5.41, 5.74) is 4.59. The van der Waals surface area contributed by atoms with E-state index in [1.807, 2.05) is 4.72 Å². The van der Waals surface area contributed by atoms with E-state index in [-0.39, 0.29) is 5.88 Å². The molecule has 0 atom stereocenters. The van der Waals surface area contributed by atoms with Crippen LogP contribution in [0.2, 0.25) is 0 Å². The van der Waals surface area contributed by atoms with Crippen LogP contribution in [0.5, 0.6) is 0 Å². The topological polar surface area (TPSA) is 98.3 Å². The van der Waals surface area contributed by atoms with Crippen molar-refractivity contribution >= 4 is 18.0 Å². The van der Waals surface area contributed by atoms with Gasteiger partial charge in [0.05, 0.1) is 0 Å². The summed E-state index contributed by atoms with van der Waals surface area (Å²) in [6.45, 7) is 0. The minimum absolute atomic E-state index is 0.372. The summed E-state index contributed by atoms with van der Waals surface area (Å²) in [6, 6.07) is -0.776. The van der Waals surface area contributed by atoms with Crippen LogP contribution in [0.3, 0.4) is 0 Å². The first-order valence-electron chi connectivity index (χ1n) is 1.92. The Bertz CT molecular complexity index is 112. The zero-order valence-electron chi connectivity index (χ0n) is 4.36. The Kier molecular flexibility index (Phi) is 3.52. The van der Waals surface area contributed by atoms with E-state index in [4.69, 9.17) is 0 Å². The Balaban J connectivity index is 3.10. The van der Waals surface area contributed by atoms with Crippen molar-refractivity contribution in [1.29, 1.82) is 0 Å². The maximum atomic E-state index is 9.85. The zero-order chi connectivity index (χ0) is 7.28. The number of carbonyl (C=O) groups is 1. The molecule has 0 fully saturated rings. The normalized spacial score (nSPS) is 8.44. The number of hydrogen-bond acceptors (Lipinski definition) is 4. The van der Waals surface area contributed by atoms with E-state index in [0.29, 0.717) is 11.9 Å². The molecular weight excluding hydrogens is 146 g/mol. The Morgan fingerprint density at radius 3 is 2.78 bits per heavy atom. The van der Waals surface area contributed by atoms with E-state index in [0.717, 1.165) is 0 Å². The van der Waals surface area contributed by atoms with Crippen LogP contribution >= 0.6 is 11.9 Å². The van der Waals surface area contributed by atoms with Gasteiger partial charge in [0, 0.05) is 16.9 Å². The summed E-state index contributed by atoms with van der Waals surface area (Å²) >= 11 is 0.646. The van der Waals surface area contributed by atoms with Gasteiger partial charge in [0.1, 0.15) is 0 Å². The van der Waals surface area contributed by atoms with Crippen LogP contribution in [0.15, 0.2) is 0 Å². The molecule has 0 aliphatic carbocycles. The molecule has 0 aliphatic rings. The lowest BCUT2D eigenvalue weighted by atomic mass is 11.2. The van der Waals surface area contributed by atoms with E-state index in [1.54, 1.807) is 0 Å². The molecule has 0 saturated heterocycles. The van der Waals surface area contributed by atoms with E-state index < -0.39 is 11.0 Å². The highest BCUT2D eigenvalue weighted by molar-refractivity contribution is 7.97. The van der Waals surface area contributed by atoms with Gasteiger partial charge in [0.15, 0.2) is 0 Å². The first-order valence-corrected chi connectivity index (χ1v) is 2.90. The fraction of sp³-hybridized carbons (Fsp3) is 0.500. The number of nitrogens with zero attached hydrogens (tertiary/aromatic N) is 1. The molecule has 0 aromatic carbocycles. The van der Waals surface area contributed by atoms with Crippen molar-refractivity contribution in [2.75, 3.05) is 5.88 Å². The lowest BCUT2D eigenvalue weighted by Gasteiger charge is -1.92. The van der Waals surface area contributed by atoms with Crippen molar-refractivity contribution in [3.05, 3.63) is 10.1 Å². The van der Waals surface area contributed by atoms with Crippen molar-refractivity contribution in [1.82, 2.24) is 4.72 Å². The molecule has 3 N–H and O–H groups in total. The first-order chi connectivity index (χ1) is 4.13. The van der Waals surface area contributed by atoms with Crippen molar-refractivity contribution in [2.45, 2.75) is 0 Å². The smallest absolute Gasteiger partial charge is 0.322 e. The molecule has 0 spiro atoms. The van der Waals surface area contributed by atoms with E-state index in [2.05, 4.69) is 5.73 Å². The third-order valence-electron chi connectivity index (χ3n) is 0.343. The van der Waals surface area contributed by atoms with Crippen LogP contribution in [0.1, 0.15) is 0 Å². The second-order valence-electron chi connectivity index (χ2n) is 1.07. The number of primary amides is 1. The highest BCUT2D eigenvalue weighted by Gasteiger charge is 1.97. The van der Waals surface area contributed by atoms with Gasteiger partial charge in [0.25, 0.3) is 5.88 Å². The van der Waals surface area contributed by atoms with Crippen molar-refractivity contribution in [3.63, 3.8) is 0 Å². The monoisotopic (exact) mass is 151 g/mol. The first kappa shape index (κ1) is 8.02. The Morgan fingerprint density at radius 1 is 1.89 bits per heavy atom. The molecule has 0 heterocycles. The third-order valence-corrected chi connectivity index (χ3v) is 1.03. The Hall–Kier alpha value is -0.980. The molecule has 2 amide bonds. The van der Waals surface area contributed by atoms with Gasteiger partial charge in [-0.15, -0.1) is 0 Å². The largest absolute Gasteiger partial charge is 0.351 e. The third kappa shape index (κ3) is 7.02. The second-order valence-corrected chi connectivity index (χ2v) is 1.82. The maximum Gasteiger partial charge on any atom is 0.322 e. The molecule has 0 unspecified atom stereocenters. The fourth-order valence-corrected chi connectivity index (χ4v) is 0.468. The van der Waals surface area contributed by atoms with Gasteiger partial charge in [-0.2, -0.15) is 0 Å². The number of urea groups is 1. The number of nitro groups is 1. The van der Waals surface area contributed by atoms with E-state index >= 15 is 0 Å². The highest BCUT2D eigenvalue weighted by atomic mass is 32.2. The van der Waals surface area contributed by atoms with Crippen LogP contribution in [0.25, 0.3) is 0 Å². The summed E-state index contributed by atoms with van der Waals surface area (Å²) in [5, 5.41) is 9.57. The standard InChI is InChI=1S/C2H5N3O3S/c3-2(6)4-9-1-5(7)8/h1H2,(H3,3,4,6). The predicted molar refractivity (Wildman–Crippen MR) is 32.2 cm³/mol. The van der Waals surface area contributed by atoms with Gasteiger partial charge >= 0.3 is 6.03 Å². The molecule has 6 nitrogen and oxygen atoms in total. The second kappa shape index (κ2) is 3.96. The summed E-state index contributed by atoms with van der Waals surface area (Å²) in [7, 11) is 0. The number of amides is 2. The van der Waals surface area contributed by atoms with Crippen molar-refractivity contribution in [2.24, 2.45) is 5.73 Å². The molecule has 0 aromatic rings. The zero-order valence-corrected chi connectivity index (χ0v) is 5.18. The summed E-state index contributed by atoms with van der Waals surface area (Å²) < 4.78 is 1.99. The Labute approximate surface area is 55.1 Å². The van der Waals surface area contributed by atoms with Gasteiger partial charge in [0.2, 0.25) is 0 Å². The lowest BCUT2D eigenvalue weighted by Crippen LogP contribution is -2.24.